The Kier molecular flexibility index (Phi) is 5.55. The summed E-state index contributed by atoms with van der Waals surface area (Å²) < 4.78 is 7.48. The third-order valence-corrected chi connectivity index (χ3v) is 5.28. The number of carbonyl (C=O) groups is 1. The first kappa shape index (κ1) is 19.1. The van der Waals surface area contributed by atoms with E-state index in [1.807, 2.05) is 42.2 Å². The second-order valence-electron chi connectivity index (χ2n) is 7.34. The monoisotopic (exact) mass is 392 g/mol. The van der Waals surface area contributed by atoms with E-state index in [-0.39, 0.29) is 24.0 Å². The maximum atomic E-state index is 12.6. The number of amides is 1. The van der Waals surface area contributed by atoms with Gasteiger partial charge in [-0.25, -0.2) is 4.98 Å². The number of para-hydroxylation sites is 1. The Labute approximate surface area is 169 Å². The van der Waals surface area contributed by atoms with Crippen LogP contribution in [0.15, 0.2) is 53.7 Å². The van der Waals surface area contributed by atoms with Crippen molar-refractivity contribution in [3.05, 3.63) is 65.0 Å². The number of likely N-dealkylation sites (tertiary alicyclic amines) is 1. The van der Waals surface area contributed by atoms with Crippen LogP contribution in [0.1, 0.15) is 25.0 Å². The molecule has 3 aromatic rings. The predicted octanol–water partition coefficient (Wildman–Crippen LogP) is 2.56. The fourth-order valence-corrected chi connectivity index (χ4v) is 3.58. The van der Waals surface area contributed by atoms with E-state index in [9.17, 15) is 9.59 Å². The zero-order valence-corrected chi connectivity index (χ0v) is 16.5. The minimum Gasteiger partial charge on any atom is -0.489 e. The predicted molar refractivity (Wildman–Crippen MR) is 110 cm³/mol. The number of aromatic nitrogens is 3. The molecule has 7 heteroatoms. The van der Waals surface area contributed by atoms with Crippen molar-refractivity contribution < 1.29 is 9.53 Å². The lowest BCUT2D eigenvalue weighted by molar-refractivity contribution is -0.133. The number of fused-ring (bicyclic) bond motifs is 1. The van der Waals surface area contributed by atoms with Crippen LogP contribution in [0, 0.1) is 6.92 Å². The van der Waals surface area contributed by atoms with Gasteiger partial charge >= 0.3 is 0 Å². The summed E-state index contributed by atoms with van der Waals surface area (Å²) in [4.78, 5) is 35.5. The zero-order chi connectivity index (χ0) is 20.2. The number of aryl methyl sites for hydroxylation is 2. The fourth-order valence-electron chi connectivity index (χ4n) is 3.58. The van der Waals surface area contributed by atoms with Crippen LogP contribution in [-0.2, 0) is 11.3 Å². The molecule has 1 aliphatic heterocycles. The minimum atomic E-state index is -0.109. The van der Waals surface area contributed by atoms with Crippen molar-refractivity contribution >= 4 is 16.8 Å². The fraction of sp³-hybridized carbons (Fsp3) is 0.364. The van der Waals surface area contributed by atoms with Gasteiger partial charge in [0, 0.05) is 44.6 Å². The first-order valence-electron chi connectivity index (χ1n) is 9.91. The van der Waals surface area contributed by atoms with Gasteiger partial charge in [-0.3, -0.25) is 19.1 Å². The van der Waals surface area contributed by atoms with Gasteiger partial charge in [-0.15, -0.1) is 0 Å². The lowest BCUT2D eigenvalue weighted by Crippen LogP contribution is -2.42. The molecule has 1 aromatic carbocycles. The Hall–Kier alpha value is -3.22. The van der Waals surface area contributed by atoms with Gasteiger partial charge in [0.15, 0.2) is 0 Å². The van der Waals surface area contributed by atoms with Gasteiger partial charge < -0.3 is 9.64 Å². The number of carbonyl (C=O) groups excluding carboxylic acids is 1. The number of hydrogen-bond donors (Lipinski definition) is 0. The Balaban J connectivity index is 1.29. The molecule has 0 unspecified atom stereocenters. The second-order valence-corrected chi connectivity index (χ2v) is 7.34. The van der Waals surface area contributed by atoms with Gasteiger partial charge in [0.2, 0.25) is 5.91 Å². The van der Waals surface area contributed by atoms with Crippen molar-refractivity contribution in [1.82, 2.24) is 19.4 Å². The average molecular weight is 392 g/mol. The minimum absolute atomic E-state index is 0.0560. The maximum absolute atomic E-state index is 12.6. The molecule has 1 amide bonds. The highest BCUT2D eigenvalue weighted by atomic mass is 16.5. The third kappa shape index (κ3) is 4.45. The first-order chi connectivity index (χ1) is 14.1. The number of pyridine rings is 1. The maximum Gasteiger partial charge on any atom is 0.261 e. The molecular formula is C22H24N4O3. The number of nitrogens with zero attached hydrogens (tertiary/aromatic N) is 4. The van der Waals surface area contributed by atoms with E-state index in [1.165, 1.54) is 10.9 Å². The Morgan fingerprint density at radius 1 is 1.14 bits per heavy atom. The van der Waals surface area contributed by atoms with E-state index in [2.05, 4.69) is 9.97 Å². The Bertz CT molecular complexity index is 1050. The van der Waals surface area contributed by atoms with Gasteiger partial charge in [-0.1, -0.05) is 12.1 Å². The molecule has 1 saturated heterocycles. The van der Waals surface area contributed by atoms with Crippen LogP contribution in [0.2, 0.25) is 0 Å². The van der Waals surface area contributed by atoms with E-state index >= 15 is 0 Å². The molecule has 0 radical (unpaired) electrons. The summed E-state index contributed by atoms with van der Waals surface area (Å²) in [6.07, 6.45) is 5.22. The molecular weight excluding hydrogens is 368 g/mol. The topological polar surface area (TPSA) is 77.3 Å². The summed E-state index contributed by atoms with van der Waals surface area (Å²) in [5.74, 6) is 0.823. The molecule has 0 spiro atoms. The van der Waals surface area contributed by atoms with Gasteiger partial charge in [-0.05, 0) is 31.2 Å². The van der Waals surface area contributed by atoms with Crippen molar-refractivity contribution in [1.29, 1.82) is 0 Å². The summed E-state index contributed by atoms with van der Waals surface area (Å²) in [6, 6.07) is 11.1. The van der Waals surface area contributed by atoms with E-state index in [4.69, 9.17) is 4.74 Å². The van der Waals surface area contributed by atoms with Crippen molar-refractivity contribution in [3.8, 4) is 5.75 Å². The van der Waals surface area contributed by atoms with E-state index in [0.717, 1.165) is 24.3 Å². The van der Waals surface area contributed by atoms with Crippen LogP contribution >= 0.6 is 0 Å². The van der Waals surface area contributed by atoms with Gasteiger partial charge in [0.05, 0.1) is 23.4 Å². The zero-order valence-electron chi connectivity index (χ0n) is 16.5. The van der Waals surface area contributed by atoms with Gasteiger partial charge in [0.25, 0.3) is 5.56 Å². The first-order valence-corrected chi connectivity index (χ1v) is 9.91. The van der Waals surface area contributed by atoms with Gasteiger partial charge in [-0.2, -0.15) is 0 Å². The highest BCUT2D eigenvalue weighted by Crippen LogP contribution is 2.19. The van der Waals surface area contributed by atoms with Crippen molar-refractivity contribution in [2.75, 3.05) is 13.1 Å². The average Bonchev–Trinajstić information content (AvgIpc) is 2.75. The van der Waals surface area contributed by atoms with Crippen molar-refractivity contribution in [2.24, 2.45) is 0 Å². The molecule has 0 saturated carbocycles. The number of piperidine rings is 1. The lowest BCUT2D eigenvalue weighted by Gasteiger charge is -2.32. The number of benzene rings is 1. The van der Waals surface area contributed by atoms with Crippen molar-refractivity contribution in [2.45, 2.75) is 38.8 Å². The van der Waals surface area contributed by atoms with Crippen LogP contribution in [0.3, 0.4) is 0 Å². The van der Waals surface area contributed by atoms with E-state index in [0.29, 0.717) is 30.5 Å². The van der Waals surface area contributed by atoms with Crippen LogP contribution in [0.25, 0.3) is 10.9 Å². The van der Waals surface area contributed by atoms with Crippen LogP contribution in [0.4, 0.5) is 0 Å². The highest BCUT2D eigenvalue weighted by molar-refractivity contribution is 5.77. The molecule has 0 N–H and O–H groups in total. The summed E-state index contributed by atoms with van der Waals surface area (Å²) in [5.41, 5.74) is 1.52. The molecule has 7 nitrogen and oxygen atoms in total. The molecule has 3 heterocycles. The smallest absolute Gasteiger partial charge is 0.261 e. The third-order valence-electron chi connectivity index (χ3n) is 5.28. The second kappa shape index (κ2) is 8.43. The van der Waals surface area contributed by atoms with Crippen molar-refractivity contribution in [3.63, 3.8) is 0 Å². The molecule has 1 aliphatic rings. The van der Waals surface area contributed by atoms with Gasteiger partial charge in [0.1, 0.15) is 11.9 Å². The number of ether oxygens (including phenoxy) is 1. The van der Waals surface area contributed by atoms with E-state index < -0.39 is 0 Å². The summed E-state index contributed by atoms with van der Waals surface area (Å²) in [5, 5.41) is 0.575. The Morgan fingerprint density at radius 2 is 1.93 bits per heavy atom. The van der Waals surface area contributed by atoms with Crippen LogP contribution in [-0.4, -0.2) is 44.5 Å². The molecule has 0 atom stereocenters. The Morgan fingerprint density at radius 3 is 2.69 bits per heavy atom. The molecule has 0 bridgehead atoms. The standard InChI is InChI=1S/C22H24N4O3/c1-16-6-7-18(14-23-16)29-17-8-11-25(12-9-17)21(27)10-13-26-15-24-20-5-3-2-4-19(20)22(26)28/h2-7,14-15,17H,8-13H2,1H3. The normalized spacial score (nSPS) is 14.9. The molecule has 1 fully saturated rings. The largest absolute Gasteiger partial charge is 0.489 e. The summed E-state index contributed by atoms with van der Waals surface area (Å²) >= 11 is 0. The number of hydrogen-bond acceptors (Lipinski definition) is 5. The molecule has 29 heavy (non-hydrogen) atoms. The van der Waals surface area contributed by atoms with Crippen LogP contribution < -0.4 is 10.3 Å². The highest BCUT2D eigenvalue weighted by Gasteiger charge is 2.24. The van der Waals surface area contributed by atoms with Crippen LogP contribution in [0.5, 0.6) is 5.75 Å². The molecule has 0 aliphatic carbocycles. The van der Waals surface area contributed by atoms with E-state index in [1.54, 1.807) is 12.3 Å². The summed E-state index contributed by atoms with van der Waals surface area (Å²) in [7, 11) is 0. The number of rotatable bonds is 5. The molecule has 150 valence electrons. The lowest BCUT2D eigenvalue weighted by atomic mass is 10.1. The quantitative estimate of drug-likeness (QED) is 0.667. The molecule has 4 rings (SSSR count). The summed E-state index contributed by atoms with van der Waals surface area (Å²) in [6.45, 7) is 3.60. The SMILES string of the molecule is Cc1ccc(OC2CCN(C(=O)CCn3cnc4ccccc4c3=O)CC2)cn1. The molecule has 2 aromatic heterocycles.